The average Bonchev–Trinajstić information content (AvgIpc) is 2.29. The van der Waals surface area contributed by atoms with Crippen LogP contribution < -0.4 is 5.73 Å². The largest absolute Gasteiger partial charge is 0.399 e. The molecule has 0 saturated heterocycles. The van der Waals surface area contributed by atoms with Crippen LogP contribution in [0.3, 0.4) is 0 Å². The van der Waals surface area contributed by atoms with Crippen molar-refractivity contribution < 1.29 is 0 Å². The van der Waals surface area contributed by atoms with E-state index in [1.165, 1.54) is 0 Å². The van der Waals surface area contributed by atoms with Crippen molar-refractivity contribution in [2.75, 3.05) is 5.73 Å². The van der Waals surface area contributed by atoms with E-state index in [0.717, 1.165) is 29.9 Å². The minimum atomic E-state index is 0.751. The molecule has 4 heteroatoms. The molecule has 2 aromatic rings. The predicted octanol–water partition coefficient (Wildman–Crippen LogP) is 1.24. The first-order valence-corrected chi connectivity index (χ1v) is 4.82. The topological polar surface area (TPSA) is 64.7 Å². The summed E-state index contributed by atoms with van der Waals surface area (Å²) in [5.74, 6) is 0.751. The third kappa shape index (κ3) is 2.49. The molecule has 0 bridgehead atoms. The number of hydrogen-bond acceptors (Lipinski definition) is 4. The maximum atomic E-state index is 5.83. The number of aromatic nitrogens is 3. The molecule has 0 unspecified atom stereocenters. The van der Waals surface area contributed by atoms with Gasteiger partial charge >= 0.3 is 0 Å². The van der Waals surface area contributed by atoms with E-state index in [1.54, 1.807) is 12.4 Å². The van der Waals surface area contributed by atoms with Crippen molar-refractivity contribution in [1.82, 2.24) is 15.2 Å². The van der Waals surface area contributed by atoms with Gasteiger partial charge in [-0.05, 0) is 18.1 Å². The Labute approximate surface area is 88.2 Å². The van der Waals surface area contributed by atoms with Crippen molar-refractivity contribution in [1.29, 1.82) is 0 Å². The van der Waals surface area contributed by atoms with Crippen LogP contribution in [0.1, 0.15) is 11.4 Å². The summed E-state index contributed by atoms with van der Waals surface area (Å²) < 4.78 is 0. The summed E-state index contributed by atoms with van der Waals surface area (Å²) >= 11 is 0. The molecule has 0 aliphatic heterocycles. The van der Waals surface area contributed by atoms with Crippen LogP contribution >= 0.6 is 0 Å². The third-order valence-corrected chi connectivity index (χ3v) is 2.20. The first-order chi connectivity index (χ1) is 7.36. The zero-order valence-electron chi connectivity index (χ0n) is 8.30. The summed E-state index contributed by atoms with van der Waals surface area (Å²) in [7, 11) is 0. The lowest BCUT2D eigenvalue weighted by atomic mass is 10.1. The van der Waals surface area contributed by atoms with Gasteiger partial charge in [0.1, 0.15) is 0 Å². The zero-order valence-corrected chi connectivity index (χ0v) is 8.30. The van der Waals surface area contributed by atoms with E-state index in [9.17, 15) is 0 Å². The zero-order chi connectivity index (χ0) is 10.5. The number of anilines is 1. The van der Waals surface area contributed by atoms with E-state index >= 15 is 0 Å². The first-order valence-electron chi connectivity index (χ1n) is 4.82. The number of benzene rings is 1. The van der Waals surface area contributed by atoms with Crippen molar-refractivity contribution in [3.63, 3.8) is 0 Å². The summed E-state index contributed by atoms with van der Waals surface area (Å²) in [5, 5.41) is 7.70. The lowest BCUT2D eigenvalue weighted by Crippen LogP contribution is -2.01. The molecule has 15 heavy (non-hydrogen) atoms. The predicted molar refractivity (Wildman–Crippen MR) is 58.1 cm³/mol. The second kappa shape index (κ2) is 4.50. The Balaban J connectivity index is 2.03. The Kier molecular flexibility index (Phi) is 2.88. The van der Waals surface area contributed by atoms with Gasteiger partial charge in [-0.15, -0.1) is 5.10 Å². The molecule has 1 aromatic carbocycles. The van der Waals surface area contributed by atoms with Gasteiger partial charge < -0.3 is 5.73 Å². The molecule has 1 heterocycles. The molecule has 76 valence electrons. The smallest absolute Gasteiger partial charge is 0.151 e. The van der Waals surface area contributed by atoms with E-state index < -0.39 is 0 Å². The van der Waals surface area contributed by atoms with Crippen LogP contribution in [-0.4, -0.2) is 15.2 Å². The molecule has 0 spiro atoms. The van der Waals surface area contributed by atoms with Crippen LogP contribution in [0.4, 0.5) is 5.69 Å². The highest BCUT2D eigenvalue weighted by atomic mass is 15.1. The van der Waals surface area contributed by atoms with Gasteiger partial charge in [-0.25, -0.2) is 4.98 Å². The monoisotopic (exact) mass is 200 g/mol. The van der Waals surface area contributed by atoms with Gasteiger partial charge in [-0.1, -0.05) is 18.2 Å². The van der Waals surface area contributed by atoms with Crippen molar-refractivity contribution in [3.8, 4) is 0 Å². The van der Waals surface area contributed by atoms with Gasteiger partial charge in [0.25, 0.3) is 0 Å². The van der Waals surface area contributed by atoms with Crippen molar-refractivity contribution in [2.45, 2.75) is 12.8 Å². The second-order valence-electron chi connectivity index (χ2n) is 3.26. The van der Waals surface area contributed by atoms with Crippen molar-refractivity contribution in [3.05, 3.63) is 48.0 Å². The minimum Gasteiger partial charge on any atom is -0.399 e. The molecule has 1 aromatic heterocycles. The molecular weight excluding hydrogens is 188 g/mol. The second-order valence-corrected chi connectivity index (χ2v) is 3.26. The molecule has 0 aliphatic rings. The van der Waals surface area contributed by atoms with E-state index in [4.69, 9.17) is 5.73 Å². The molecular formula is C11H12N4. The average molecular weight is 200 g/mol. The van der Waals surface area contributed by atoms with Crippen LogP contribution in [0.25, 0.3) is 0 Å². The Morgan fingerprint density at radius 1 is 1.07 bits per heavy atom. The Hall–Kier alpha value is -1.97. The molecule has 2 rings (SSSR count). The fourth-order valence-electron chi connectivity index (χ4n) is 1.40. The van der Waals surface area contributed by atoms with Gasteiger partial charge in [0.05, 0.1) is 6.20 Å². The van der Waals surface area contributed by atoms with Crippen molar-refractivity contribution >= 4 is 5.69 Å². The SMILES string of the molecule is Nc1ccccc1CCc1nccnn1. The Morgan fingerprint density at radius 3 is 2.67 bits per heavy atom. The van der Waals surface area contributed by atoms with Gasteiger partial charge in [-0.2, -0.15) is 5.10 Å². The van der Waals surface area contributed by atoms with Gasteiger partial charge in [-0.3, -0.25) is 0 Å². The lowest BCUT2D eigenvalue weighted by molar-refractivity contribution is 0.803. The molecule has 0 saturated carbocycles. The fourth-order valence-corrected chi connectivity index (χ4v) is 1.40. The number of hydrogen-bond donors (Lipinski definition) is 1. The highest BCUT2D eigenvalue weighted by Gasteiger charge is 2.00. The van der Waals surface area contributed by atoms with Crippen LogP contribution in [-0.2, 0) is 12.8 Å². The number of nitrogen functional groups attached to an aromatic ring is 1. The molecule has 0 aliphatic carbocycles. The summed E-state index contributed by atoms with van der Waals surface area (Å²) in [5.41, 5.74) is 7.78. The van der Waals surface area contributed by atoms with Crippen LogP contribution in [0.15, 0.2) is 36.7 Å². The van der Waals surface area contributed by atoms with Crippen LogP contribution in [0, 0.1) is 0 Å². The summed E-state index contributed by atoms with van der Waals surface area (Å²) in [4.78, 5) is 4.11. The van der Waals surface area contributed by atoms with Crippen LogP contribution in [0.2, 0.25) is 0 Å². The number of para-hydroxylation sites is 1. The number of nitrogens with two attached hydrogens (primary N) is 1. The maximum absolute atomic E-state index is 5.83. The number of nitrogens with zero attached hydrogens (tertiary/aromatic N) is 3. The Morgan fingerprint density at radius 2 is 1.93 bits per heavy atom. The van der Waals surface area contributed by atoms with Crippen molar-refractivity contribution in [2.24, 2.45) is 0 Å². The fraction of sp³-hybridized carbons (Fsp3) is 0.182. The number of aryl methyl sites for hydroxylation is 2. The standard InChI is InChI=1S/C11H12N4/c12-10-4-2-1-3-9(10)5-6-11-13-7-8-14-15-11/h1-4,7-8H,5-6,12H2. The maximum Gasteiger partial charge on any atom is 0.151 e. The molecule has 4 nitrogen and oxygen atoms in total. The first kappa shape index (κ1) is 9.58. The van der Waals surface area contributed by atoms with E-state index in [0.29, 0.717) is 0 Å². The van der Waals surface area contributed by atoms with Crippen LogP contribution in [0.5, 0.6) is 0 Å². The van der Waals surface area contributed by atoms with Gasteiger partial charge in [0.15, 0.2) is 5.82 Å². The van der Waals surface area contributed by atoms with E-state index in [-0.39, 0.29) is 0 Å². The molecule has 0 fully saturated rings. The molecule has 0 atom stereocenters. The van der Waals surface area contributed by atoms with Gasteiger partial charge in [0, 0.05) is 18.3 Å². The highest BCUT2D eigenvalue weighted by Crippen LogP contribution is 2.12. The number of rotatable bonds is 3. The summed E-state index contributed by atoms with van der Waals surface area (Å²) in [6.45, 7) is 0. The minimum absolute atomic E-state index is 0.751. The molecule has 2 N–H and O–H groups in total. The normalized spacial score (nSPS) is 10.1. The summed E-state index contributed by atoms with van der Waals surface area (Å²) in [6, 6.07) is 7.83. The Bertz CT molecular complexity index is 428. The van der Waals surface area contributed by atoms with E-state index in [1.807, 2.05) is 24.3 Å². The summed E-state index contributed by atoms with van der Waals surface area (Å²) in [6.07, 6.45) is 4.83. The molecule has 0 amide bonds. The highest BCUT2D eigenvalue weighted by molar-refractivity contribution is 5.46. The quantitative estimate of drug-likeness (QED) is 0.757. The van der Waals surface area contributed by atoms with E-state index in [2.05, 4.69) is 15.2 Å². The molecule has 0 radical (unpaired) electrons. The van der Waals surface area contributed by atoms with Gasteiger partial charge in [0.2, 0.25) is 0 Å². The third-order valence-electron chi connectivity index (χ3n) is 2.20. The lowest BCUT2D eigenvalue weighted by Gasteiger charge is -2.03.